The van der Waals surface area contributed by atoms with Crippen molar-refractivity contribution in [3.8, 4) is 0 Å². The fourth-order valence-corrected chi connectivity index (χ4v) is 2.28. The molecule has 68 valence electrons. The molecule has 0 amide bonds. The molecule has 0 bridgehead atoms. The molecule has 2 heterocycles. The molecule has 13 heavy (non-hydrogen) atoms. The van der Waals surface area contributed by atoms with Gasteiger partial charge in [0.2, 0.25) is 0 Å². The second-order valence-electron chi connectivity index (χ2n) is 3.71. The fourth-order valence-electron chi connectivity index (χ4n) is 2.28. The Bertz CT molecular complexity index is 324. The van der Waals surface area contributed by atoms with E-state index in [1.807, 2.05) is 0 Å². The van der Waals surface area contributed by atoms with Gasteiger partial charge in [0, 0.05) is 30.7 Å². The van der Waals surface area contributed by atoms with Crippen LogP contribution in [0.4, 0.5) is 5.69 Å². The third-order valence-corrected chi connectivity index (χ3v) is 2.96. The second kappa shape index (κ2) is 2.72. The van der Waals surface area contributed by atoms with Gasteiger partial charge in [-0.05, 0) is 11.6 Å². The maximum Gasteiger partial charge on any atom is 0.0482 e. The molecular weight excluding hydrogens is 162 g/mol. The minimum absolute atomic E-state index is 0.568. The van der Waals surface area contributed by atoms with Crippen LogP contribution in [0.5, 0.6) is 0 Å². The van der Waals surface area contributed by atoms with Crippen LogP contribution < -0.4 is 16.2 Å². The molecule has 2 aliphatic rings. The molecule has 1 saturated heterocycles. The summed E-state index contributed by atoms with van der Waals surface area (Å²) < 4.78 is 0. The van der Waals surface area contributed by atoms with Crippen LogP contribution in [0.15, 0.2) is 24.3 Å². The van der Waals surface area contributed by atoms with Gasteiger partial charge in [-0.25, -0.2) is 0 Å². The van der Waals surface area contributed by atoms with Crippen molar-refractivity contribution in [2.24, 2.45) is 0 Å². The Balaban J connectivity index is 2.01. The number of hydrogen-bond donors (Lipinski definition) is 3. The van der Waals surface area contributed by atoms with Gasteiger partial charge < -0.3 is 5.32 Å². The predicted molar refractivity (Wildman–Crippen MR) is 52.6 cm³/mol. The monoisotopic (exact) mass is 175 g/mol. The van der Waals surface area contributed by atoms with Gasteiger partial charge in [0.15, 0.2) is 0 Å². The summed E-state index contributed by atoms with van der Waals surface area (Å²) >= 11 is 0. The first-order valence-electron chi connectivity index (χ1n) is 4.76. The summed E-state index contributed by atoms with van der Waals surface area (Å²) in [5.74, 6) is 0.637. The lowest BCUT2D eigenvalue weighted by atomic mass is 9.94. The van der Waals surface area contributed by atoms with Gasteiger partial charge in [-0.3, -0.25) is 10.9 Å². The SMILES string of the molecule is c1ccc2c(c1)NC1CNNCC21. The molecular formula is C10H13N3. The van der Waals surface area contributed by atoms with Gasteiger partial charge in [-0.15, -0.1) is 0 Å². The third kappa shape index (κ3) is 1.04. The third-order valence-electron chi connectivity index (χ3n) is 2.96. The van der Waals surface area contributed by atoms with Crippen molar-refractivity contribution < 1.29 is 0 Å². The Morgan fingerprint density at radius 2 is 1.92 bits per heavy atom. The molecule has 2 atom stereocenters. The molecule has 0 spiro atoms. The molecule has 2 aliphatic heterocycles. The topological polar surface area (TPSA) is 36.1 Å². The van der Waals surface area contributed by atoms with Crippen LogP contribution in [0, 0.1) is 0 Å². The van der Waals surface area contributed by atoms with Crippen LogP contribution >= 0.6 is 0 Å². The fraction of sp³-hybridized carbons (Fsp3) is 0.400. The molecule has 3 nitrogen and oxygen atoms in total. The van der Waals surface area contributed by atoms with E-state index in [0.717, 1.165) is 13.1 Å². The highest BCUT2D eigenvalue weighted by molar-refractivity contribution is 5.59. The summed E-state index contributed by atoms with van der Waals surface area (Å²) in [6.45, 7) is 2.02. The summed E-state index contributed by atoms with van der Waals surface area (Å²) in [6, 6.07) is 9.15. The first kappa shape index (κ1) is 7.35. The van der Waals surface area contributed by atoms with E-state index in [1.165, 1.54) is 11.3 Å². The molecule has 0 aliphatic carbocycles. The van der Waals surface area contributed by atoms with E-state index in [0.29, 0.717) is 12.0 Å². The lowest BCUT2D eigenvalue weighted by molar-refractivity contribution is 0.384. The summed E-state index contributed by atoms with van der Waals surface area (Å²) in [5.41, 5.74) is 9.15. The van der Waals surface area contributed by atoms with E-state index in [4.69, 9.17) is 0 Å². The van der Waals surface area contributed by atoms with E-state index in [2.05, 4.69) is 40.4 Å². The average molecular weight is 175 g/mol. The van der Waals surface area contributed by atoms with E-state index in [9.17, 15) is 0 Å². The van der Waals surface area contributed by atoms with Gasteiger partial charge in [0.05, 0.1) is 0 Å². The number of anilines is 1. The summed E-state index contributed by atoms with van der Waals surface area (Å²) in [5, 5.41) is 3.53. The van der Waals surface area contributed by atoms with Crippen LogP contribution in [0.1, 0.15) is 11.5 Å². The Morgan fingerprint density at radius 1 is 1.08 bits per heavy atom. The Morgan fingerprint density at radius 3 is 2.92 bits per heavy atom. The molecule has 0 aromatic heterocycles. The van der Waals surface area contributed by atoms with Crippen molar-refractivity contribution in [1.29, 1.82) is 0 Å². The number of nitrogens with one attached hydrogen (secondary N) is 3. The zero-order valence-electron chi connectivity index (χ0n) is 7.38. The van der Waals surface area contributed by atoms with E-state index in [1.54, 1.807) is 0 Å². The Kier molecular flexibility index (Phi) is 1.54. The summed E-state index contributed by atoms with van der Waals surface area (Å²) in [4.78, 5) is 0. The highest BCUT2D eigenvalue weighted by Gasteiger charge is 2.33. The van der Waals surface area contributed by atoms with Gasteiger partial charge in [0.1, 0.15) is 0 Å². The molecule has 1 aromatic rings. The van der Waals surface area contributed by atoms with Crippen LogP contribution in [0.25, 0.3) is 0 Å². The van der Waals surface area contributed by atoms with Crippen molar-refractivity contribution in [3.05, 3.63) is 29.8 Å². The number of rotatable bonds is 0. The lowest BCUT2D eigenvalue weighted by Crippen LogP contribution is -2.50. The minimum Gasteiger partial charge on any atom is -0.380 e. The molecule has 3 rings (SSSR count). The summed E-state index contributed by atoms with van der Waals surface area (Å²) in [7, 11) is 0. The highest BCUT2D eigenvalue weighted by Crippen LogP contribution is 2.35. The Labute approximate surface area is 77.5 Å². The van der Waals surface area contributed by atoms with Crippen molar-refractivity contribution in [2.75, 3.05) is 18.4 Å². The van der Waals surface area contributed by atoms with Crippen LogP contribution in [-0.4, -0.2) is 19.1 Å². The van der Waals surface area contributed by atoms with E-state index >= 15 is 0 Å². The molecule has 1 fully saturated rings. The number of fused-ring (bicyclic) bond motifs is 3. The molecule has 2 unspecified atom stereocenters. The van der Waals surface area contributed by atoms with Crippen molar-refractivity contribution >= 4 is 5.69 Å². The highest BCUT2D eigenvalue weighted by atomic mass is 15.4. The maximum atomic E-state index is 3.53. The molecule has 0 saturated carbocycles. The normalized spacial score (nSPS) is 30.5. The smallest absolute Gasteiger partial charge is 0.0482 e. The van der Waals surface area contributed by atoms with Crippen LogP contribution in [0.2, 0.25) is 0 Å². The number of hydrogen-bond acceptors (Lipinski definition) is 3. The number of para-hydroxylation sites is 1. The first-order chi connectivity index (χ1) is 6.45. The van der Waals surface area contributed by atoms with Crippen molar-refractivity contribution in [3.63, 3.8) is 0 Å². The van der Waals surface area contributed by atoms with Crippen molar-refractivity contribution in [1.82, 2.24) is 10.9 Å². The van der Waals surface area contributed by atoms with Gasteiger partial charge >= 0.3 is 0 Å². The predicted octanol–water partition coefficient (Wildman–Crippen LogP) is 0.672. The minimum atomic E-state index is 0.568. The second-order valence-corrected chi connectivity index (χ2v) is 3.71. The zero-order chi connectivity index (χ0) is 8.67. The van der Waals surface area contributed by atoms with Gasteiger partial charge in [0.25, 0.3) is 0 Å². The standard InChI is InChI=1S/C10H13N3/c1-2-4-9-7(3-1)8-5-11-12-6-10(8)13-9/h1-4,8,10-13H,5-6H2. The average Bonchev–Trinajstić information content (AvgIpc) is 2.56. The zero-order valence-corrected chi connectivity index (χ0v) is 7.38. The molecule has 3 heteroatoms. The summed E-state index contributed by atoms with van der Waals surface area (Å²) in [6.07, 6.45) is 0. The molecule has 0 radical (unpaired) electrons. The van der Waals surface area contributed by atoms with Crippen LogP contribution in [0.3, 0.4) is 0 Å². The van der Waals surface area contributed by atoms with Crippen LogP contribution in [-0.2, 0) is 0 Å². The number of hydrazine groups is 1. The molecule has 3 N–H and O–H groups in total. The number of benzene rings is 1. The van der Waals surface area contributed by atoms with E-state index in [-0.39, 0.29) is 0 Å². The van der Waals surface area contributed by atoms with E-state index < -0.39 is 0 Å². The lowest BCUT2D eigenvalue weighted by Gasteiger charge is -2.27. The molecule has 1 aromatic carbocycles. The maximum absolute atomic E-state index is 3.53. The largest absolute Gasteiger partial charge is 0.380 e. The van der Waals surface area contributed by atoms with Gasteiger partial charge in [-0.1, -0.05) is 18.2 Å². The first-order valence-corrected chi connectivity index (χ1v) is 4.76. The van der Waals surface area contributed by atoms with Crippen molar-refractivity contribution in [2.45, 2.75) is 12.0 Å². The van der Waals surface area contributed by atoms with Gasteiger partial charge in [-0.2, -0.15) is 0 Å². The quantitative estimate of drug-likeness (QED) is 0.542. The Hall–Kier alpha value is -1.06.